The average Bonchev–Trinajstić information content (AvgIpc) is 3.07. The average molecular weight is 373 g/mol. The zero-order valence-corrected chi connectivity index (χ0v) is 14.3. The van der Waals surface area contributed by atoms with Crippen LogP contribution in [0, 0.1) is 6.92 Å². The van der Waals surface area contributed by atoms with Gasteiger partial charge in [0.05, 0.1) is 28.4 Å². The standard InChI is InChI=1S/C13H16FN5O3S2/c1-7-10(11(15)19-18-7)12-17-8-6-13(14,3-2-9(8)23-12)24(21,22)16-4-5-20/h2-3,16,20H,4-6H2,1H3,(H3,15,18,19). The molecule has 0 saturated carbocycles. The zero-order valence-electron chi connectivity index (χ0n) is 12.7. The molecular weight excluding hydrogens is 357 g/mol. The number of H-pyrrole nitrogens is 1. The van der Waals surface area contributed by atoms with E-state index in [1.807, 2.05) is 4.72 Å². The first-order valence-corrected chi connectivity index (χ1v) is 9.36. The van der Waals surface area contributed by atoms with Crippen LogP contribution in [0.5, 0.6) is 0 Å². The number of aryl methyl sites for hydroxylation is 1. The third kappa shape index (κ3) is 2.73. The fourth-order valence-corrected chi connectivity index (χ4v) is 4.69. The summed E-state index contributed by atoms with van der Waals surface area (Å²) in [6.07, 6.45) is 2.00. The lowest BCUT2D eigenvalue weighted by Gasteiger charge is -2.24. The van der Waals surface area contributed by atoms with Crippen molar-refractivity contribution in [1.29, 1.82) is 0 Å². The summed E-state index contributed by atoms with van der Waals surface area (Å²) in [5.41, 5.74) is 7.47. The Labute approximate surface area is 141 Å². The fraction of sp³-hybridized carbons (Fsp3) is 0.385. The number of aromatic amines is 1. The molecule has 3 rings (SSSR count). The molecule has 0 amide bonds. The van der Waals surface area contributed by atoms with Gasteiger partial charge < -0.3 is 10.8 Å². The maximum Gasteiger partial charge on any atom is 0.251 e. The number of rotatable bonds is 5. The maximum absolute atomic E-state index is 15.0. The Balaban J connectivity index is 1.95. The smallest absolute Gasteiger partial charge is 0.251 e. The normalized spacial score (nSPS) is 20.3. The van der Waals surface area contributed by atoms with Gasteiger partial charge in [-0.25, -0.2) is 22.5 Å². The first-order valence-electron chi connectivity index (χ1n) is 7.06. The lowest BCUT2D eigenvalue weighted by Crippen LogP contribution is -2.45. The van der Waals surface area contributed by atoms with Crippen molar-refractivity contribution in [1.82, 2.24) is 19.9 Å². The molecular formula is C13H16FN5O3S2. The number of hydrogen-bond acceptors (Lipinski definition) is 7. The number of alkyl halides is 1. The second kappa shape index (κ2) is 5.92. The molecule has 0 aliphatic heterocycles. The maximum atomic E-state index is 15.0. The minimum absolute atomic E-state index is 0.248. The second-order valence-corrected chi connectivity index (χ2v) is 8.35. The monoisotopic (exact) mass is 373 g/mol. The SMILES string of the molecule is Cc1n[nH]c(N)c1-c1nc2c(s1)C=CC(F)(S(=O)(=O)NCCO)C2. The van der Waals surface area contributed by atoms with E-state index in [0.29, 0.717) is 32.7 Å². The van der Waals surface area contributed by atoms with E-state index in [1.54, 1.807) is 6.92 Å². The molecule has 1 aliphatic rings. The molecule has 2 heterocycles. The van der Waals surface area contributed by atoms with Crippen molar-refractivity contribution in [2.45, 2.75) is 18.3 Å². The number of nitrogen functional groups attached to an aromatic ring is 1. The van der Waals surface area contributed by atoms with Crippen molar-refractivity contribution in [2.75, 3.05) is 18.9 Å². The van der Waals surface area contributed by atoms with Crippen molar-refractivity contribution in [3.05, 3.63) is 22.3 Å². The Morgan fingerprint density at radius 3 is 2.96 bits per heavy atom. The predicted molar refractivity (Wildman–Crippen MR) is 89.4 cm³/mol. The second-order valence-electron chi connectivity index (χ2n) is 5.35. The molecule has 0 spiro atoms. The van der Waals surface area contributed by atoms with Crippen LogP contribution in [0.15, 0.2) is 6.08 Å². The number of halogens is 1. The Hall–Kier alpha value is -1.82. The van der Waals surface area contributed by atoms with Gasteiger partial charge in [0.15, 0.2) is 0 Å². The minimum Gasteiger partial charge on any atom is -0.395 e. The van der Waals surface area contributed by atoms with E-state index in [4.69, 9.17) is 10.8 Å². The quantitative estimate of drug-likeness (QED) is 0.605. The van der Waals surface area contributed by atoms with Gasteiger partial charge in [0.2, 0.25) is 5.00 Å². The van der Waals surface area contributed by atoms with Gasteiger partial charge >= 0.3 is 0 Å². The molecule has 130 valence electrons. The number of nitrogens with one attached hydrogen (secondary N) is 2. The predicted octanol–water partition coefficient (Wildman–Crippen LogP) is 0.571. The van der Waals surface area contributed by atoms with Gasteiger partial charge in [0.25, 0.3) is 10.0 Å². The van der Waals surface area contributed by atoms with E-state index in [1.165, 1.54) is 17.4 Å². The van der Waals surface area contributed by atoms with Crippen LogP contribution in [0.4, 0.5) is 10.2 Å². The lowest BCUT2D eigenvalue weighted by molar-refractivity contribution is 0.293. The van der Waals surface area contributed by atoms with E-state index < -0.39 is 28.1 Å². The molecule has 8 nitrogen and oxygen atoms in total. The highest BCUT2D eigenvalue weighted by Gasteiger charge is 2.45. The van der Waals surface area contributed by atoms with Crippen LogP contribution in [0.2, 0.25) is 0 Å². The number of thiazole rings is 1. The molecule has 0 aromatic carbocycles. The van der Waals surface area contributed by atoms with Crippen molar-refractivity contribution in [2.24, 2.45) is 0 Å². The minimum atomic E-state index is -4.29. The molecule has 1 atom stereocenters. The van der Waals surface area contributed by atoms with Gasteiger partial charge in [0, 0.05) is 13.0 Å². The topological polar surface area (TPSA) is 134 Å². The highest BCUT2D eigenvalue weighted by Crippen LogP contribution is 2.39. The Kier molecular flexibility index (Phi) is 4.20. The molecule has 5 N–H and O–H groups in total. The lowest BCUT2D eigenvalue weighted by atomic mass is 10.1. The molecule has 0 bridgehead atoms. The molecule has 1 aliphatic carbocycles. The molecule has 1 unspecified atom stereocenters. The van der Waals surface area contributed by atoms with E-state index in [0.717, 1.165) is 6.08 Å². The summed E-state index contributed by atoms with van der Waals surface area (Å²) >= 11 is 1.29. The Morgan fingerprint density at radius 1 is 1.58 bits per heavy atom. The molecule has 24 heavy (non-hydrogen) atoms. The number of nitrogens with zero attached hydrogens (tertiary/aromatic N) is 2. The van der Waals surface area contributed by atoms with Crippen LogP contribution < -0.4 is 10.5 Å². The number of anilines is 1. The fourth-order valence-electron chi connectivity index (χ4n) is 2.42. The number of aliphatic hydroxyl groups excluding tert-OH is 1. The first-order chi connectivity index (χ1) is 11.3. The summed E-state index contributed by atoms with van der Waals surface area (Å²) in [5.74, 6) is 0.353. The number of hydrogen-bond donors (Lipinski definition) is 4. The Bertz CT molecular complexity index is 885. The van der Waals surface area contributed by atoms with Gasteiger partial charge in [-0.2, -0.15) is 5.10 Å². The number of fused-ring (bicyclic) bond motifs is 1. The Morgan fingerprint density at radius 2 is 2.33 bits per heavy atom. The molecule has 11 heteroatoms. The molecule has 0 fully saturated rings. The van der Waals surface area contributed by atoms with Crippen LogP contribution in [0.25, 0.3) is 16.6 Å². The number of nitrogens with two attached hydrogens (primary N) is 1. The van der Waals surface area contributed by atoms with Crippen molar-refractivity contribution in [3.63, 3.8) is 0 Å². The third-order valence-electron chi connectivity index (χ3n) is 3.66. The molecule has 2 aromatic heterocycles. The number of aromatic nitrogens is 3. The van der Waals surface area contributed by atoms with Gasteiger partial charge in [0.1, 0.15) is 10.8 Å². The van der Waals surface area contributed by atoms with Crippen molar-refractivity contribution < 1.29 is 17.9 Å². The van der Waals surface area contributed by atoms with Gasteiger partial charge in [-0.15, -0.1) is 11.3 Å². The summed E-state index contributed by atoms with van der Waals surface area (Å²) in [6, 6.07) is 0. The van der Waals surface area contributed by atoms with Crippen LogP contribution in [-0.4, -0.2) is 46.9 Å². The van der Waals surface area contributed by atoms with Crippen LogP contribution in [-0.2, 0) is 16.4 Å². The van der Waals surface area contributed by atoms with Crippen LogP contribution >= 0.6 is 11.3 Å². The van der Waals surface area contributed by atoms with E-state index in [-0.39, 0.29) is 6.54 Å². The zero-order chi connectivity index (χ0) is 17.5. The molecule has 0 saturated heterocycles. The van der Waals surface area contributed by atoms with Gasteiger partial charge in [-0.05, 0) is 19.1 Å². The summed E-state index contributed by atoms with van der Waals surface area (Å²) in [6.45, 7) is 1.10. The number of sulfonamides is 1. The largest absolute Gasteiger partial charge is 0.395 e. The van der Waals surface area contributed by atoms with Crippen molar-refractivity contribution >= 4 is 33.3 Å². The summed E-state index contributed by atoms with van der Waals surface area (Å²) in [5, 5.41) is 13.3. The van der Waals surface area contributed by atoms with E-state index >= 15 is 0 Å². The van der Waals surface area contributed by atoms with Crippen LogP contribution in [0.3, 0.4) is 0 Å². The van der Waals surface area contributed by atoms with E-state index in [9.17, 15) is 12.8 Å². The van der Waals surface area contributed by atoms with Gasteiger partial charge in [-0.3, -0.25) is 5.10 Å². The summed E-state index contributed by atoms with van der Waals surface area (Å²) in [7, 11) is -4.29. The first kappa shape index (κ1) is 17.0. The summed E-state index contributed by atoms with van der Waals surface area (Å²) < 4.78 is 41.2. The third-order valence-corrected chi connectivity index (χ3v) is 6.50. The number of aliphatic hydroxyl groups is 1. The van der Waals surface area contributed by atoms with Gasteiger partial charge in [-0.1, -0.05) is 0 Å². The van der Waals surface area contributed by atoms with Crippen molar-refractivity contribution in [3.8, 4) is 10.6 Å². The summed E-state index contributed by atoms with van der Waals surface area (Å²) in [4.78, 5) is 5.03. The molecule has 0 radical (unpaired) electrons. The highest BCUT2D eigenvalue weighted by molar-refractivity contribution is 7.90. The highest BCUT2D eigenvalue weighted by atomic mass is 32.2. The van der Waals surface area contributed by atoms with Crippen LogP contribution in [0.1, 0.15) is 16.3 Å². The molecule has 2 aromatic rings. The van der Waals surface area contributed by atoms with E-state index in [2.05, 4.69) is 15.2 Å².